The molecule has 1 spiro atoms. The highest BCUT2D eigenvalue weighted by Gasteiger charge is 2.54. The predicted molar refractivity (Wildman–Crippen MR) is 420 cm³/mol. The first-order chi connectivity index (χ1) is 49.8. The van der Waals surface area contributed by atoms with Gasteiger partial charge in [0.05, 0.1) is 39.2 Å². The van der Waals surface area contributed by atoms with Crippen LogP contribution >= 0.6 is 22.7 Å². The lowest BCUT2D eigenvalue weighted by Crippen LogP contribution is -2.36. The van der Waals surface area contributed by atoms with Crippen molar-refractivity contribution in [1.29, 1.82) is 0 Å². The highest BCUT2D eigenvalue weighted by Crippen LogP contribution is 2.67. The Balaban J connectivity index is 0.831. The predicted octanol–water partition coefficient (Wildman–Crippen LogP) is 25.0. The molecule has 3 aliphatic rings. The molecule has 0 bridgehead atoms. The van der Waals surface area contributed by atoms with Crippen molar-refractivity contribution in [2.24, 2.45) is 0 Å². The van der Waals surface area contributed by atoms with Crippen molar-refractivity contribution < 1.29 is 0 Å². The van der Waals surface area contributed by atoms with Crippen molar-refractivity contribution in [1.82, 2.24) is 19.5 Å². The van der Waals surface area contributed by atoms with E-state index in [0.29, 0.717) is 17.5 Å². The fourth-order valence-corrected chi connectivity index (χ4v) is 18.7. The zero-order chi connectivity index (χ0) is 66.9. The second-order valence-electron chi connectivity index (χ2n) is 27.1. The Hall–Kier alpha value is -12.3. The van der Waals surface area contributed by atoms with Crippen LogP contribution in [0.25, 0.3) is 116 Å². The van der Waals surface area contributed by atoms with E-state index < -0.39 is 5.41 Å². The van der Waals surface area contributed by atoms with E-state index in [-0.39, 0.29) is 5.41 Å². The molecule has 1 aliphatic carbocycles. The highest BCUT2D eigenvalue weighted by atomic mass is 32.1. The first-order valence-corrected chi connectivity index (χ1v) is 36.2. The zero-order valence-electron chi connectivity index (χ0n) is 55.3. The standard InChI is InChI=1S/C93H62N6S2/c1-92(2)74-38-19-22-41-81(74)97(70-34-16-7-17-35-70)83-45-43-72(58-79(83)92)98-80-40-21-18-37-73(80)85-84(98)46-44-76-86(85)99(82-42-23-20-39-75(82)93(76)77-47-49-100-87(77)88-78(93)48-50-101-88)71-36-24-33-63(57-71)89-94-90(68-53-64(59-25-8-3-9-26-59)51-65(54-68)60-27-10-4-11-28-60)96-91(95-89)69-55-66(61-29-12-5-13-30-61)52-67(56-69)62-31-14-6-15-32-62/h3-58H,1-2H3. The van der Waals surface area contributed by atoms with E-state index in [9.17, 15) is 0 Å². The number of para-hydroxylation sites is 4. The van der Waals surface area contributed by atoms with Gasteiger partial charge in [0.25, 0.3) is 0 Å². The highest BCUT2D eigenvalue weighted by molar-refractivity contribution is 7.21. The summed E-state index contributed by atoms with van der Waals surface area (Å²) in [5.74, 6) is 1.71. The van der Waals surface area contributed by atoms with E-state index in [1.165, 1.54) is 65.3 Å². The molecule has 0 saturated carbocycles. The van der Waals surface area contributed by atoms with Crippen LogP contribution in [0, 0.1) is 0 Å². The van der Waals surface area contributed by atoms with E-state index >= 15 is 0 Å². The normalized spacial score (nSPS) is 13.6. The summed E-state index contributed by atoms with van der Waals surface area (Å²) in [6.07, 6.45) is 0. The maximum absolute atomic E-state index is 5.66. The number of hydrogen-bond donors (Lipinski definition) is 0. The molecule has 20 rings (SSSR count). The lowest BCUT2D eigenvalue weighted by atomic mass is 9.65. The topological polar surface area (TPSA) is 50.1 Å². The van der Waals surface area contributed by atoms with E-state index in [1.54, 1.807) is 0 Å². The second-order valence-corrected chi connectivity index (χ2v) is 28.9. The summed E-state index contributed by atoms with van der Waals surface area (Å²) in [5, 5.41) is 6.94. The molecule has 0 unspecified atom stereocenters. The van der Waals surface area contributed by atoms with E-state index in [1.807, 2.05) is 22.7 Å². The molecule has 0 radical (unpaired) electrons. The van der Waals surface area contributed by atoms with Crippen LogP contribution in [0.5, 0.6) is 0 Å². The van der Waals surface area contributed by atoms with Gasteiger partial charge in [-0.15, -0.1) is 22.7 Å². The average Bonchev–Trinajstić information content (AvgIpc) is 1.53. The minimum absolute atomic E-state index is 0.323. The van der Waals surface area contributed by atoms with Crippen molar-refractivity contribution >= 4 is 78.6 Å². The summed E-state index contributed by atoms with van der Waals surface area (Å²) in [6.45, 7) is 4.77. The molecular weight excluding hydrogens is 1270 g/mol. The van der Waals surface area contributed by atoms with E-state index in [0.717, 1.165) is 101 Å². The lowest BCUT2D eigenvalue weighted by molar-refractivity contribution is 0.631. The Bertz CT molecular complexity index is 5830. The van der Waals surface area contributed by atoms with Crippen LogP contribution in [0.1, 0.15) is 47.2 Å². The van der Waals surface area contributed by atoms with E-state index in [2.05, 4.69) is 367 Å². The molecule has 0 amide bonds. The van der Waals surface area contributed by atoms with Crippen LogP contribution in [0.3, 0.4) is 0 Å². The second kappa shape index (κ2) is 23.1. The van der Waals surface area contributed by atoms with Gasteiger partial charge in [0, 0.05) is 59.7 Å². The van der Waals surface area contributed by atoms with Gasteiger partial charge in [-0.05, 0) is 204 Å². The van der Waals surface area contributed by atoms with Gasteiger partial charge in [-0.25, -0.2) is 15.0 Å². The van der Waals surface area contributed by atoms with Gasteiger partial charge in [-0.3, -0.25) is 0 Å². The van der Waals surface area contributed by atoms with Gasteiger partial charge in [-0.2, -0.15) is 0 Å². The molecule has 101 heavy (non-hydrogen) atoms. The van der Waals surface area contributed by atoms with Gasteiger partial charge >= 0.3 is 0 Å². The first kappa shape index (κ1) is 58.8. The third-order valence-corrected chi connectivity index (χ3v) is 23.1. The lowest BCUT2D eigenvalue weighted by Gasteiger charge is -2.45. The number of thiophene rings is 2. The summed E-state index contributed by atoms with van der Waals surface area (Å²) >= 11 is 3.71. The number of aromatic nitrogens is 4. The summed E-state index contributed by atoms with van der Waals surface area (Å²) in [5.41, 5.74) is 28.2. The number of anilines is 6. The smallest absolute Gasteiger partial charge is 0.164 e. The van der Waals surface area contributed by atoms with Gasteiger partial charge in [-0.1, -0.05) is 226 Å². The number of hydrogen-bond acceptors (Lipinski definition) is 7. The SMILES string of the molecule is CC1(C)c2ccccc2N(c2ccccc2)c2ccc(-n3c4ccccc4c4c5c(ccc43)C3(c4ccccc4N5c4cccc(-c5nc(-c6cc(-c7ccccc7)cc(-c7ccccc7)c6)nc(-c6cc(-c7ccccc7)cc(-c7ccccc7)c6)n5)c4)c4ccsc4-c4sccc43)cc21. The van der Waals surface area contributed by atoms with Gasteiger partial charge in [0.1, 0.15) is 0 Å². The number of benzene rings is 13. The monoisotopic (exact) mass is 1330 g/mol. The largest absolute Gasteiger partial charge is 0.310 e. The molecule has 4 aromatic heterocycles. The number of fused-ring (bicyclic) bond motifs is 15. The maximum Gasteiger partial charge on any atom is 0.164 e. The maximum atomic E-state index is 5.66. The molecule has 17 aromatic rings. The van der Waals surface area contributed by atoms with Crippen LogP contribution in [-0.2, 0) is 10.8 Å². The molecular formula is C93H62N6S2. The van der Waals surface area contributed by atoms with Gasteiger partial charge < -0.3 is 14.4 Å². The Labute approximate surface area is 594 Å². The van der Waals surface area contributed by atoms with Crippen molar-refractivity contribution in [3.05, 3.63) is 372 Å². The van der Waals surface area contributed by atoms with Crippen molar-refractivity contribution in [3.8, 4) is 94.1 Å². The minimum atomic E-state index is -0.621. The molecule has 6 nitrogen and oxygen atoms in total. The molecule has 476 valence electrons. The molecule has 13 aromatic carbocycles. The summed E-state index contributed by atoms with van der Waals surface area (Å²) < 4.78 is 2.52. The molecule has 0 atom stereocenters. The fourth-order valence-electron chi connectivity index (χ4n) is 16.6. The van der Waals surface area contributed by atoms with Gasteiger partial charge in [0.15, 0.2) is 17.5 Å². The molecule has 0 fully saturated rings. The Morgan fingerprint density at radius 1 is 0.277 bits per heavy atom. The Morgan fingerprint density at radius 2 is 0.723 bits per heavy atom. The van der Waals surface area contributed by atoms with Gasteiger partial charge in [0.2, 0.25) is 0 Å². The van der Waals surface area contributed by atoms with Crippen molar-refractivity contribution in [3.63, 3.8) is 0 Å². The first-order valence-electron chi connectivity index (χ1n) is 34.4. The number of nitrogens with zero attached hydrogens (tertiary/aromatic N) is 6. The summed E-state index contributed by atoms with van der Waals surface area (Å²) in [7, 11) is 0. The van der Waals surface area contributed by atoms with Crippen molar-refractivity contribution in [2.75, 3.05) is 9.80 Å². The van der Waals surface area contributed by atoms with Crippen LogP contribution < -0.4 is 9.80 Å². The van der Waals surface area contributed by atoms with E-state index in [4.69, 9.17) is 15.0 Å². The third-order valence-electron chi connectivity index (χ3n) is 21.1. The quantitative estimate of drug-likeness (QED) is 0.137. The molecule has 0 saturated heterocycles. The summed E-state index contributed by atoms with van der Waals surface area (Å²) in [6, 6.07) is 120. The van der Waals surface area contributed by atoms with Crippen LogP contribution in [0.15, 0.2) is 338 Å². The van der Waals surface area contributed by atoms with Crippen LogP contribution in [0.2, 0.25) is 0 Å². The Morgan fingerprint density at radius 3 is 1.29 bits per heavy atom. The summed E-state index contributed by atoms with van der Waals surface area (Å²) in [4.78, 5) is 24.6. The minimum Gasteiger partial charge on any atom is -0.310 e. The Kier molecular flexibility index (Phi) is 13.5. The third kappa shape index (κ3) is 9.19. The van der Waals surface area contributed by atoms with Crippen LogP contribution in [-0.4, -0.2) is 19.5 Å². The van der Waals surface area contributed by atoms with Crippen LogP contribution in [0.4, 0.5) is 34.1 Å². The fraction of sp³-hybridized carbons (Fsp3) is 0.0430. The molecule has 0 N–H and O–H groups in total. The average molecular weight is 1330 g/mol. The molecule has 6 heterocycles. The molecule has 8 heteroatoms. The van der Waals surface area contributed by atoms with Crippen molar-refractivity contribution in [2.45, 2.75) is 24.7 Å². The number of rotatable bonds is 10. The zero-order valence-corrected chi connectivity index (χ0v) is 57.0. The molecule has 2 aliphatic heterocycles.